The van der Waals surface area contributed by atoms with Crippen molar-refractivity contribution in [3.05, 3.63) is 188 Å². The van der Waals surface area contributed by atoms with Gasteiger partial charge in [0.15, 0.2) is 0 Å². The van der Waals surface area contributed by atoms with Crippen LogP contribution in [0.4, 0.5) is 0 Å². The van der Waals surface area contributed by atoms with E-state index in [1.54, 1.807) is 0 Å². The SMILES string of the molecule is N#Cc1cc2ccc3cc(-c4ccc(-c5cc6ccc7cc(-c8cccc9ccccc89)cc8ccc(c5)c6c78)cc4)cc4c3c2c(c1)n4-c1ccccc1. The highest BCUT2D eigenvalue weighted by atomic mass is 15.0. The molecule has 252 valence electrons. The van der Waals surface area contributed by atoms with E-state index in [4.69, 9.17) is 0 Å². The number of aromatic nitrogens is 1. The number of nitriles is 1. The third-order valence-corrected chi connectivity index (χ3v) is 11.8. The van der Waals surface area contributed by atoms with Gasteiger partial charge < -0.3 is 4.57 Å². The highest BCUT2D eigenvalue weighted by Crippen LogP contribution is 2.43. The van der Waals surface area contributed by atoms with Crippen LogP contribution in [0.5, 0.6) is 0 Å². The first kappa shape index (κ1) is 30.0. The lowest BCUT2D eigenvalue weighted by atomic mass is 9.88. The number of fused-ring (bicyclic) bond motifs is 1. The van der Waals surface area contributed by atoms with E-state index in [1.807, 2.05) is 18.2 Å². The van der Waals surface area contributed by atoms with Crippen molar-refractivity contribution < 1.29 is 0 Å². The minimum atomic E-state index is 0.671. The zero-order valence-electron chi connectivity index (χ0n) is 29.7. The molecule has 0 aliphatic rings. The summed E-state index contributed by atoms with van der Waals surface area (Å²) in [6, 6.07) is 68.7. The van der Waals surface area contributed by atoms with E-state index in [0.717, 1.165) is 22.1 Å². The molecule has 0 spiro atoms. The van der Waals surface area contributed by atoms with Crippen molar-refractivity contribution in [3.63, 3.8) is 0 Å². The van der Waals surface area contributed by atoms with Gasteiger partial charge in [-0.1, -0.05) is 121 Å². The van der Waals surface area contributed by atoms with Gasteiger partial charge in [0.1, 0.15) is 0 Å². The molecule has 2 nitrogen and oxygen atoms in total. The van der Waals surface area contributed by atoms with Crippen LogP contribution in [0, 0.1) is 11.3 Å². The van der Waals surface area contributed by atoms with E-state index in [-0.39, 0.29) is 0 Å². The van der Waals surface area contributed by atoms with Crippen LogP contribution >= 0.6 is 0 Å². The van der Waals surface area contributed by atoms with Crippen molar-refractivity contribution >= 4 is 75.7 Å². The molecule has 12 aromatic rings. The van der Waals surface area contributed by atoms with Crippen molar-refractivity contribution in [3.8, 4) is 45.1 Å². The lowest BCUT2D eigenvalue weighted by Gasteiger charge is -2.15. The summed E-state index contributed by atoms with van der Waals surface area (Å²) in [6.07, 6.45) is 0. The first-order valence-electron chi connectivity index (χ1n) is 18.8. The second-order valence-electron chi connectivity index (χ2n) is 14.9. The largest absolute Gasteiger partial charge is 0.309 e. The van der Waals surface area contributed by atoms with Gasteiger partial charge in [-0.15, -0.1) is 0 Å². The predicted molar refractivity (Wildman–Crippen MR) is 232 cm³/mol. The second-order valence-corrected chi connectivity index (χ2v) is 14.9. The van der Waals surface area contributed by atoms with E-state index in [0.29, 0.717) is 5.56 Å². The number of hydrogen-bond donors (Lipinski definition) is 0. The maximum atomic E-state index is 9.88. The van der Waals surface area contributed by atoms with Gasteiger partial charge in [0.2, 0.25) is 0 Å². The normalized spacial score (nSPS) is 12.0. The Labute approximate surface area is 317 Å². The molecular formula is C53H30N2. The topological polar surface area (TPSA) is 28.7 Å². The Morgan fingerprint density at radius 1 is 0.345 bits per heavy atom. The molecule has 0 unspecified atom stereocenters. The molecule has 0 bridgehead atoms. The van der Waals surface area contributed by atoms with Crippen LogP contribution in [0.2, 0.25) is 0 Å². The lowest BCUT2D eigenvalue weighted by Crippen LogP contribution is -1.94. The maximum absolute atomic E-state index is 9.88. The zero-order valence-corrected chi connectivity index (χ0v) is 29.7. The third kappa shape index (κ3) is 4.42. The van der Waals surface area contributed by atoms with E-state index in [1.165, 1.54) is 92.6 Å². The van der Waals surface area contributed by atoms with E-state index in [2.05, 4.69) is 174 Å². The monoisotopic (exact) mass is 694 g/mol. The fraction of sp³-hybridized carbons (Fsp3) is 0. The molecule has 1 heterocycles. The summed E-state index contributed by atoms with van der Waals surface area (Å²) in [4.78, 5) is 0. The summed E-state index contributed by atoms with van der Waals surface area (Å²) in [5, 5.41) is 24.9. The van der Waals surface area contributed by atoms with Gasteiger partial charge >= 0.3 is 0 Å². The molecule has 0 aliphatic heterocycles. The van der Waals surface area contributed by atoms with Crippen LogP contribution in [0.15, 0.2) is 182 Å². The van der Waals surface area contributed by atoms with Crippen LogP contribution < -0.4 is 0 Å². The summed E-state index contributed by atoms with van der Waals surface area (Å²) >= 11 is 0. The average molecular weight is 695 g/mol. The van der Waals surface area contributed by atoms with Crippen LogP contribution in [0.1, 0.15) is 5.56 Å². The zero-order chi connectivity index (χ0) is 36.2. The molecule has 0 atom stereocenters. The summed E-state index contributed by atoms with van der Waals surface area (Å²) in [6.45, 7) is 0. The standard InChI is InChI=1S/C53H30N2/c54-31-32-23-36-17-22-41-27-43(30-49-53(41)52(36)48(24-32)55(49)45-9-2-1-3-10-45)34-15-13-33(14-16-34)42-25-37-18-20-39-28-44(29-40-21-19-38(26-42)50(37)51(39)40)47-12-6-8-35-7-4-5-11-46(35)47/h1-30H. The fourth-order valence-electron chi connectivity index (χ4n) is 9.35. The number of benzene rings is 11. The minimum Gasteiger partial charge on any atom is -0.309 e. The van der Waals surface area contributed by atoms with E-state index in [9.17, 15) is 5.26 Å². The lowest BCUT2D eigenvalue weighted by molar-refractivity contribution is 1.18. The third-order valence-electron chi connectivity index (χ3n) is 11.8. The molecule has 0 saturated heterocycles. The number of hydrogen-bond acceptors (Lipinski definition) is 1. The van der Waals surface area contributed by atoms with Crippen molar-refractivity contribution in [2.75, 3.05) is 0 Å². The molecule has 0 amide bonds. The van der Waals surface area contributed by atoms with Gasteiger partial charge in [0, 0.05) is 16.5 Å². The molecule has 11 aromatic carbocycles. The summed E-state index contributed by atoms with van der Waals surface area (Å²) < 4.78 is 2.32. The molecule has 0 fully saturated rings. The molecule has 0 aliphatic carbocycles. The van der Waals surface area contributed by atoms with Gasteiger partial charge in [-0.3, -0.25) is 0 Å². The Kier molecular flexibility index (Phi) is 6.15. The molecule has 1 aromatic heterocycles. The molecule has 12 rings (SSSR count). The van der Waals surface area contributed by atoms with Crippen molar-refractivity contribution in [2.24, 2.45) is 0 Å². The Morgan fingerprint density at radius 3 is 1.45 bits per heavy atom. The smallest absolute Gasteiger partial charge is 0.0992 e. The quantitative estimate of drug-likeness (QED) is 0.169. The fourth-order valence-corrected chi connectivity index (χ4v) is 9.35. The Hall–Kier alpha value is -7.47. The molecule has 2 heteroatoms. The molecule has 55 heavy (non-hydrogen) atoms. The summed E-state index contributed by atoms with van der Waals surface area (Å²) in [5.41, 5.74) is 11.2. The number of rotatable bonds is 4. The van der Waals surface area contributed by atoms with Crippen LogP contribution in [0.3, 0.4) is 0 Å². The summed E-state index contributed by atoms with van der Waals surface area (Å²) in [7, 11) is 0. The summed E-state index contributed by atoms with van der Waals surface area (Å²) in [5.74, 6) is 0. The second kappa shape index (κ2) is 11.3. The van der Waals surface area contributed by atoms with Crippen LogP contribution in [0.25, 0.3) is 115 Å². The molecular weight excluding hydrogens is 665 g/mol. The highest BCUT2D eigenvalue weighted by Gasteiger charge is 2.19. The van der Waals surface area contributed by atoms with E-state index >= 15 is 0 Å². The minimum absolute atomic E-state index is 0.671. The van der Waals surface area contributed by atoms with Gasteiger partial charge in [-0.2, -0.15) is 5.26 Å². The Morgan fingerprint density at radius 2 is 0.836 bits per heavy atom. The predicted octanol–water partition coefficient (Wildman–Crippen LogP) is 14.3. The number of nitrogens with zero attached hydrogens (tertiary/aromatic N) is 2. The first-order chi connectivity index (χ1) is 27.2. The molecule has 0 saturated carbocycles. The van der Waals surface area contributed by atoms with Crippen molar-refractivity contribution in [1.82, 2.24) is 4.57 Å². The van der Waals surface area contributed by atoms with Gasteiger partial charge in [0.25, 0.3) is 0 Å². The van der Waals surface area contributed by atoms with Crippen LogP contribution in [-0.2, 0) is 0 Å². The van der Waals surface area contributed by atoms with Crippen LogP contribution in [-0.4, -0.2) is 4.57 Å². The first-order valence-corrected chi connectivity index (χ1v) is 18.8. The van der Waals surface area contributed by atoms with Crippen molar-refractivity contribution in [2.45, 2.75) is 0 Å². The maximum Gasteiger partial charge on any atom is 0.0992 e. The van der Waals surface area contributed by atoms with Gasteiger partial charge in [-0.05, 0) is 148 Å². The Bertz CT molecular complexity index is 3460. The Balaban J connectivity index is 0.961. The highest BCUT2D eigenvalue weighted by molar-refractivity contribution is 6.26. The van der Waals surface area contributed by atoms with Crippen molar-refractivity contribution in [1.29, 1.82) is 5.26 Å². The molecule has 0 N–H and O–H groups in total. The van der Waals surface area contributed by atoms with Gasteiger partial charge in [-0.25, -0.2) is 0 Å². The van der Waals surface area contributed by atoms with E-state index < -0.39 is 0 Å². The average Bonchev–Trinajstić information content (AvgIpc) is 3.59. The van der Waals surface area contributed by atoms with Gasteiger partial charge in [0.05, 0.1) is 22.7 Å². The molecule has 0 radical (unpaired) electrons. The number of para-hydroxylation sites is 1.